The summed E-state index contributed by atoms with van der Waals surface area (Å²) in [6.45, 7) is 1.30. The van der Waals surface area contributed by atoms with Gasteiger partial charge in [0.2, 0.25) is 10.0 Å². The number of nitrogens with two attached hydrogens (primary N) is 1. The zero-order valence-corrected chi connectivity index (χ0v) is 16.1. The van der Waals surface area contributed by atoms with Crippen molar-refractivity contribution >= 4 is 38.2 Å². The maximum atomic E-state index is 12.4. The van der Waals surface area contributed by atoms with Gasteiger partial charge in [0.1, 0.15) is 11.4 Å². The lowest BCUT2D eigenvalue weighted by atomic mass is 10.2. The number of carbonyl (C=O) groups excluding carboxylic acids is 1. The van der Waals surface area contributed by atoms with Crippen LogP contribution >= 0.6 is 0 Å². The summed E-state index contributed by atoms with van der Waals surface area (Å²) < 4.78 is 23.6. The van der Waals surface area contributed by atoms with Crippen molar-refractivity contribution in [1.29, 1.82) is 0 Å². The molecule has 0 spiro atoms. The highest BCUT2D eigenvalue weighted by molar-refractivity contribution is 7.89. The molecule has 0 aliphatic carbocycles. The summed E-state index contributed by atoms with van der Waals surface area (Å²) in [5, 5.41) is 25.8. The van der Waals surface area contributed by atoms with Crippen LogP contribution in [-0.4, -0.2) is 24.4 Å². The number of pyridine rings is 1. The van der Waals surface area contributed by atoms with Gasteiger partial charge in [-0.15, -0.1) is 10.2 Å². The van der Waals surface area contributed by atoms with E-state index in [0.717, 1.165) is 0 Å². The second-order valence-electron chi connectivity index (χ2n) is 5.98. The maximum Gasteiger partial charge on any atom is 0.279 e. The Morgan fingerprint density at radius 1 is 1.10 bits per heavy atom. The molecule has 2 aromatic carbocycles. The topological polar surface area (TPSA) is 147 Å². The minimum Gasteiger partial charge on any atom is -0.510 e. The number of aliphatic hydroxyl groups is 1. The van der Waals surface area contributed by atoms with Crippen molar-refractivity contribution in [3.63, 3.8) is 0 Å². The quantitative estimate of drug-likeness (QED) is 0.334. The SMILES string of the molecule is C/C(O)=C(/N=Nc1ccc(S(N)(=O)=O)c2cccnc12)C(=O)Nc1ccccc1. The molecule has 0 radical (unpaired) electrons. The van der Waals surface area contributed by atoms with Gasteiger partial charge in [0.05, 0.1) is 10.4 Å². The molecule has 9 nitrogen and oxygen atoms in total. The van der Waals surface area contributed by atoms with Crippen molar-refractivity contribution in [2.75, 3.05) is 5.32 Å². The predicted octanol–water partition coefficient (Wildman–Crippen LogP) is 3.39. The summed E-state index contributed by atoms with van der Waals surface area (Å²) in [5.74, 6) is -0.987. The summed E-state index contributed by atoms with van der Waals surface area (Å²) in [6, 6.07) is 14.4. The second-order valence-corrected chi connectivity index (χ2v) is 7.51. The Labute approximate surface area is 166 Å². The average Bonchev–Trinajstić information content (AvgIpc) is 2.67. The van der Waals surface area contributed by atoms with Crippen LogP contribution in [0.3, 0.4) is 0 Å². The number of aromatic nitrogens is 1. The summed E-state index contributed by atoms with van der Waals surface area (Å²) in [5.41, 5.74) is 0.671. The predicted molar refractivity (Wildman–Crippen MR) is 108 cm³/mol. The lowest BCUT2D eigenvalue weighted by Gasteiger charge is -2.07. The number of fused-ring (bicyclic) bond motifs is 1. The fourth-order valence-electron chi connectivity index (χ4n) is 2.56. The minimum absolute atomic E-state index is 0.101. The zero-order chi connectivity index (χ0) is 21.0. The average molecular weight is 411 g/mol. The number of anilines is 1. The van der Waals surface area contributed by atoms with Gasteiger partial charge >= 0.3 is 0 Å². The number of amides is 1. The Balaban J connectivity index is 1.98. The van der Waals surface area contributed by atoms with Gasteiger partial charge in [0.25, 0.3) is 5.91 Å². The highest BCUT2D eigenvalue weighted by Gasteiger charge is 2.17. The third-order valence-electron chi connectivity index (χ3n) is 3.86. The van der Waals surface area contributed by atoms with E-state index in [-0.39, 0.29) is 32.9 Å². The number of hydrogen-bond acceptors (Lipinski definition) is 7. The Morgan fingerprint density at radius 2 is 1.83 bits per heavy atom. The second kappa shape index (κ2) is 8.17. The number of rotatable bonds is 5. The highest BCUT2D eigenvalue weighted by atomic mass is 32.2. The van der Waals surface area contributed by atoms with Crippen LogP contribution in [-0.2, 0) is 14.8 Å². The fraction of sp³-hybridized carbons (Fsp3) is 0.0526. The maximum absolute atomic E-state index is 12.4. The number of benzene rings is 2. The van der Waals surface area contributed by atoms with Crippen LogP contribution < -0.4 is 10.5 Å². The van der Waals surface area contributed by atoms with Crippen LogP contribution in [0, 0.1) is 0 Å². The fourth-order valence-corrected chi connectivity index (χ4v) is 3.29. The third-order valence-corrected chi connectivity index (χ3v) is 4.83. The van der Waals surface area contributed by atoms with E-state index in [4.69, 9.17) is 5.14 Å². The minimum atomic E-state index is -3.96. The molecule has 0 unspecified atom stereocenters. The molecule has 29 heavy (non-hydrogen) atoms. The molecule has 0 bridgehead atoms. The molecule has 3 rings (SSSR count). The van der Waals surface area contributed by atoms with E-state index in [1.165, 1.54) is 31.3 Å². The number of primary sulfonamides is 1. The molecule has 0 saturated heterocycles. The molecule has 148 valence electrons. The molecular formula is C19H17N5O4S. The van der Waals surface area contributed by atoms with Crippen LogP contribution in [0.25, 0.3) is 10.9 Å². The number of aliphatic hydroxyl groups excluding tert-OH is 1. The normalized spacial score (nSPS) is 12.8. The third kappa shape index (κ3) is 4.62. The Kier molecular flexibility index (Phi) is 5.66. The van der Waals surface area contributed by atoms with Gasteiger partial charge in [-0.2, -0.15) is 0 Å². The van der Waals surface area contributed by atoms with Crippen LogP contribution in [0.15, 0.2) is 87.4 Å². The molecular weight excluding hydrogens is 394 g/mol. The van der Waals surface area contributed by atoms with Gasteiger partial charge in [-0.25, -0.2) is 13.6 Å². The highest BCUT2D eigenvalue weighted by Crippen LogP contribution is 2.29. The van der Waals surface area contributed by atoms with Crippen LogP contribution in [0.5, 0.6) is 0 Å². The number of nitrogens with zero attached hydrogens (tertiary/aromatic N) is 3. The molecule has 1 amide bonds. The van der Waals surface area contributed by atoms with Gasteiger partial charge in [-0.1, -0.05) is 18.2 Å². The van der Waals surface area contributed by atoms with Crippen molar-refractivity contribution < 1.29 is 18.3 Å². The number of allylic oxidation sites excluding steroid dienone is 1. The van der Waals surface area contributed by atoms with E-state index in [1.807, 2.05) is 0 Å². The van der Waals surface area contributed by atoms with Gasteiger partial charge in [0, 0.05) is 17.3 Å². The molecule has 10 heteroatoms. The smallest absolute Gasteiger partial charge is 0.279 e. The molecule has 0 aliphatic rings. The summed E-state index contributed by atoms with van der Waals surface area (Å²) in [4.78, 5) is 16.5. The van der Waals surface area contributed by atoms with Gasteiger partial charge in [-0.05, 0) is 43.3 Å². The summed E-state index contributed by atoms with van der Waals surface area (Å²) >= 11 is 0. The first-order valence-corrected chi connectivity index (χ1v) is 9.90. The van der Waals surface area contributed by atoms with Crippen LogP contribution in [0.2, 0.25) is 0 Å². The van der Waals surface area contributed by atoms with Crippen molar-refractivity contribution in [3.8, 4) is 0 Å². The van der Waals surface area contributed by atoms with E-state index in [2.05, 4.69) is 20.5 Å². The Hall–Kier alpha value is -3.63. The first-order valence-electron chi connectivity index (χ1n) is 8.36. The first kappa shape index (κ1) is 20.1. The zero-order valence-electron chi connectivity index (χ0n) is 15.3. The summed E-state index contributed by atoms with van der Waals surface area (Å²) in [7, 11) is -3.96. The van der Waals surface area contributed by atoms with Crippen LogP contribution in [0.1, 0.15) is 6.92 Å². The lowest BCUT2D eigenvalue weighted by Crippen LogP contribution is -2.14. The van der Waals surface area contributed by atoms with E-state index >= 15 is 0 Å². The van der Waals surface area contributed by atoms with Gasteiger partial charge < -0.3 is 10.4 Å². The summed E-state index contributed by atoms with van der Waals surface area (Å²) in [6.07, 6.45) is 1.46. The van der Waals surface area contributed by atoms with Crippen molar-refractivity contribution in [2.45, 2.75) is 11.8 Å². The van der Waals surface area contributed by atoms with E-state index in [1.54, 1.807) is 36.4 Å². The van der Waals surface area contributed by atoms with E-state index in [0.29, 0.717) is 5.69 Å². The molecule has 1 aromatic heterocycles. The Morgan fingerprint density at radius 3 is 2.48 bits per heavy atom. The number of azo groups is 1. The van der Waals surface area contributed by atoms with Gasteiger partial charge in [0.15, 0.2) is 5.70 Å². The van der Waals surface area contributed by atoms with Crippen LogP contribution in [0.4, 0.5) is 11.4 Å². The monoisotopic (exact) mass is 411 g/mol. The number of para-hydroxylation sites is 1. The van der Waals surface area contributed by atoms with Crippen molar-refractivity contribution in [2.24, 2.45) is 15.4 Å². The molecule has 0 saturated carbocycles. The van der Waals surface area contributed by atoms with E-state index in [9.17, 15) is 18.3 Å². The van der Waals surface area contributed by atoms with E-state index < -0.39 is 15.9 Å². The molecule has 4 N–H and O–H groups in total. The van der Waals surface area contributed by atoms with Crippen molar-refractivity contribution in [1.82, 2.24) is 4.98 Å². The molecule has 0 aliphatic heterocycles. The first-order chi connectivity index (χ1) is 13.8. The number of hydrogen-bond donors (Lipinski definition) is 3. The Bertz CT molecular complexity index is 1230. The number of nitrogens with one attached hydrogen (secondary N) is 1. The molecule has 0 fully saturated rings. The standard InChI is InChI=1S/C19H17N5O4S/c1-12(25)17(19(26)22-13-6-3-2-4-7-13)24-23-15-9-10-16(29(20,27)28)14-8-5-11-21-18(14)15/h2-11,25H,1H3,(H,22,26)(H2,20,27,28)/b17-12-,24-23?. The lowest BCUT2D eigenvalue weighted by molar-refractivity contribution is -0.113. The molecule has 3 aromatic rings. The molecule has 1 heterocycles. The van der Waals surface area contributed by atoms with Crippen molar-refractivity contribution in [3.05, 3.63) is 72.3 Å². The molecule has 0 atom stereocenters. The van der Waals surface area contributed by atoms with Gasteiger partial charge in [-0.3, -0.25) is 9.78 Å². The number of sulfonamides is 1. The largest absolute Gasteiger partial charge is 0.510 e. The number of carbonyl (C=O) groups is 1.